The van der Waals surface area contributed by atoms with Crippen molar-refractivity contribution >= 4 is 0 Å². The summed E-state index contributed by atoms with van der Waals surface area (Å²) in [5.41, 5.74) is -8.04. The predicted molar refractivity (Wildman–Crippen MR) is 54.1 cm³/mol. The Morgan fingerprint density at radius 3 is 1.63 bits per heavy atom. The lowest BCUT2D eigenvalue weighted by molar-refractivity contribution is -0.213. The van der Waals surface area contributed by atoms with Gasteiger partial charge >= 0.3 is 12.4 Å². The molecule has 2 atom stereocenters. The lowest BCUT2D eigenvalue weighted by Gasteiger charge is -2.30. The standard InChI is InChI=1S/C11H14F8/c1-4-5-7(10(14,15)16)8(6(2)12)9(3,13)11(17,18)19/h6H,4-5H2,1-3H3. The molecular formula is C11H14F8. The van der Waals surface area contributed by atoms with Crippen LogP contribution < -0.4 is 0 Å². The molecule has 0 heterocycles. The van der Waals surface area contributed by atoms with Crippen molar-refractivity contribution in [3.63, 3.8) is 0 Å². The molecule has 0 aliphatic carbocycles. The Kier molecular flexibility index (Phi) is 5.42. The van der Waals surface area contributed by atoms with Gasteiger partial charge in [-0.2, -0.15) is 26.3 Å². The van der Waals surface area contributed by atoms with Crippen molar-refractivity contribution in [2.75, 3.05) is 0 Å². The second-order valence-corrected chi connectivity index (χ2v) is 4.26. The third-order valence-corrected chi connectivity index (χ3v) is 2.60. The highest BCUT2D eigenvalue weighted by Gasteiger charge is 2.58. The van der Waals surface area contributed by atoms with E-state index in [2.05, 4.69) is 0 Å². The molecule has 0 aromatic carbocycles. The van der Waals surface area contributed by atoms with E-state index in [9.17, 15) is 35.1 Å². The van der Waals surface area contributed by atoms with E-state index >= 15 is 0 Å². The van der Waals surface area contributed by atoms with Crippen LogP contribution in [0.2, 0.25) is 0 Å². The molecule has 8 heteroatoms. The van der Waals surface area contributed by atoms with Gasteiger partial charge in [0.1, 0.15) is 6.17 Å². The van der Waals surface area contributed by atoms with Crippen molar-refractivity contribution in [2.45, 2.75) is 57.8 Å². The fourth-order valence-corrected chi connectivity index (χ4v) is 1.73. The second kappa shape index (κ2) is 5.66. The van der Waals surface area contributed by atoms with E-state index in [0.29, 0.717) is 6.92 Å². The summed E-state index contributed by atoms with van der Waals surface area (Å²) in [7, 11) is 0. The third-order valence-electron chi connectivity index (χ3n) is 2.60. The lowest BCUT2D eigenvalue weighted by Crippen LogP contribution is -2.44. The van der Waals surface area contributed by atoms with E-state index in [1.807, 2.05) is 0 Å². The Hall–Kier alpha value is -0.820. The van der Waals surface area contributed by atoms with Gasteiger partial charge in [0.2, 0.25) is 5.67 Å². The maximum atomic E-state index is 13.7. The quantitative estimate of drug-likeness (QED) is 0.488. The van der Waals surface area contributed by atoms with Crippen molar-refractivity contribution in [1.82, 2.24) is 0 Å². The van der Waals surface area contributed by atoms with Gasteiger partial charge in [0.15, 0.2) is 0 Å². The fraction of sp³-hybridized carbons (Fsp3) is 0.818. The first-order chi connectivity index (χ1) is 8.26. The first-order valence-corrected chi connectivity index (χ1v) is 5.47. The zero-order valence-electron chi connectivity index (χ0n) is 10.5. The Morgan fingerprint density at radius 1 is 1.00 bits per heavy atom. The third kappa shape index (κ3) is 4.07. The van der Waals surface area contributed by atoms with Crippen LogP contribution >= 0.6 is 0 Å². The smallest absolute Gasteiger partial charge is 0.243 e. The summed E-state index contributed by atoms with van der Waals surface area (Å²) < 4.78 is 102. The van der Waals surface area contributed by atoms with E-state index in [1.165, 1.54) is 6.92 Å². The van der Waals surface area contributed by atoms with Crippen LogP contribution in [0.3, 0.4) is 0 Å². The van der Waals surface area contributed by atoms with Crippen LogP contribution in [0.15, 0.2) is 11.1 Å². The molecule has 0 aromatic heterocycles. The van der Waals surface area contributed by atoms with Gasteiger partial charge < -0.3 is 0 Å². The average Bonchev–Trinajstić information content (AvgIpc) is 2.12. The number of hydrogen-bond donors (Lipinski definition) is 0. The van der Waals surface area contributed by atoms with Crippen molar-refractivity contribution in [3.8, 4) is 0 Å². The molecule has 0 aliphatic rings. The van der Waals surface area contributed by atoms with Gasteiger partial charge in [0, 0.05) is 11.1 Å². The number of halogens is 8. The molecule has 0 aromatic rings. The summed E-state index contributed by atoms with van der Waals surface area (Å²) in [6.45, 7) is 1.63. The number of hydrogen-bond acceptors (Lipinski definition) is 0. The number of alkyl halides is 8. The second-order valence-electron chi connectivity index (χ2n) is 4.26. The summed E-state index contributed by atoms with van der Waals surface area (Å²) in [5, 5.41) is 0. The molecule has 0 fully saturated rings. The summed E-state index contributed by atoms with van der Waals surface area (Å²) in [6, 6.07) is 0. The SMILES string of the molecule is CCCC(=C(C(C)F)C(C)(F)C(F)(F)F)C(F)(F)F. The normalized spacial score (nSPS) is 19.7. The van der Waals surface area contributed by atoms with Crippen molar-refractivity contribution < 1.29 is 35.1 Å². The van der Waals surface area contributed by atoms with E-state index in [0.717, 1.165) is 0 Å². The highest BCUT2D eigenvalue weighted by Crippen LogP contribution is 2.46. The molecule has 0 aliphatic heterocycles. The highest BCUT2D eigenvalue weighted by atomic mass is 19.4. The molecule has 0 nitrogen and oxygen atoms in total. The summed E-state index contributed by atoms with van der Waals surface area (Å²) in [5.74, 6) is 0. The van der Waals surface area contributed by atoms with Gasteiger partial charge in [-0.15, -0.1) is 0 Å². The molecular weight excluding hydrogens is 284 g/mol. The Labute approximate surface area is 105 Å². The first kappa shape index (κ1) is 18.2. The summed E-state index contributed by atoms with van der Waals surface area (Å²) in [6.07, 6.45) is -14.6. The van der Waals surface area contributed by atoms with Gasteiger partial charge in [0.25, 0.3) is 0 Å². The van der Waals surface area contributed by atoms with Gasteiger partial charge in [-0.3, -0.25) is 0 Å². The average molecular weight is 298 g/mol. The largest absolute Gasteiger partial charge is 0.426 e. The molecule has 2 unspecified atom stereocenters. The maximum absolute atomic E-state index is 13.7. The molecule has 0 spiro atoms. The lowest BCUT2D eigenvalue weighted by atomic mass is 9.87. The summed E-state index contributed by atoms with van der Waals surface area (Å²) in [4.78, 5) is 0. The van der Waals surface area contributed by atoms with Gasteiger partial charge in [-0.25, -0.2) is 8.78 Å². The molecule has 19 heavy (non-hydrogen) atoms. The fourth-order valence-electron chi connectivity index (χ4n) is 1.73. The van der Waals surface area contributed by atoms with Crippen LogP contribution in [0.4, 0.5) is 35.1 Å². The minimum atomic E-state index is -5.62. The molecule has 0 N–H and O–H groups in total. The van der Waals surface area contributed by atoms with Crippen LogP contribution in [-0.2, 0) is 0 Å². The van der Waals surface area contributed by atoms with Gasteiger partial charge in [-0.05, 0) is 20.3 Å². The number of allylic oxidation sites excluding steroid dienone is 2. The van der Waals surface area contributed by atoms with Crippen molar-refractivity contribution in [2.24, 2.45) is 0 Å². The molecule has 0 amide bonds. The molecule has 114 valence electrons. The molecule has 0 saturated carbocycles. The molecule has 0 radical (unpaired) electrons. The van der Waals surface area contributed by atoms with Crippen molar-refractivity contribution in [1.29, 1.82) is 0 Å². The van der Waals surface area contributed by atoms with E-state index in [4.69, 9.17) is 0 Å². The predicted octanol–water partition coefficient (Wildman–Crippen LogP) is 5.29. The number of rotatable bonds is 4. The summed E-state index contributed by atoms with van der Waals surface area (Å²) >= 11 is 0. The minimum Gasteiger partial charge on any atom is -0.243 e. The van der Waals surface area contributed by atoms with Crippen LogP contribution in [-0.4, -0.2) is 24.2 Å². The van der Waals surface area contributed by atoms with E-state index in [1.54, 1.807) is 0 Å². The van der Waals surface area contributed by atoms with Gasteiger partial charge in [0.05, 0.1) is 0 Å². The van der Waals surface area contributed by atoms with Crippen molar-refractivity contribution in [3.05, 3.63) is 11.1 Å². The zero-order valence-corrected chi connectivity index (χ0v) is 10.5. The zero-order chi connectivity index (χ0) is 15.6. The van der Waals surface area contributed by atoms with E-state index < -0.39 is 41.8 Å². The first-order valence-electron chi connectivity index (χ1n) is 5.47. The molecule has 0 bridgehead atoms. The Bertz CT molecular complexity index is 332. The van der Waals surface area contributed by atoms with Gasteiger partial charge in [-0.1, -0.05) is 13.3 Å². The van der Waals surface area contributed by atoms with Crippen LogP contribution in [0, 0.1) is 0 Å². The van der Waals surface area contributed by atoms with E-state index in [-0.39, 0.29) is 13.3 Å². The topological polar surface area (TPSA) is 0 Å². The Balaban J connectivity index is 6.15. The van der Waals surface area contributed by atoms with Crippen LogP contribution in [0.5, 0.6) is 0 Å². The Morgan fingerprint density at radius 2 is 1.42 bits per heavy atom. The maximum Gasteiger partial charge on any atom is 0.426 e. The minimum absolute atomic E-state index is 0.0974. The van der Waals surface area contributed by atoms with Crippen LogP contribution in [0.1, 0.15) is 33.6 Å². The van der Waals surface area contributed by atoms with Crippen LogP contribution in [0.25, 0.3) is 0 Å². The monoisotopic (exact) mass is 298 g/mol. The molecule has 0 rings (SSSR count). The molecule has 0 saturated heterocycles. The highest BCUT2D eigenvalue weighted by molar-refractivity contribution is 5.31.